The number of carbonyl (C=O) groups excluding carboxylic acids is 1. The van der Waals surface area contributed by atoms with Crippen LogP contribution < -0.4 is 15.5 Å². The van der Waals surface area contributed by atoms with Gasteiger partial charge in [-0.25, -0.2) is 0 Å². The molecule has 0 aromatic heterocycles. The van der Waals surface area contributed by atoms with Gasteiger partial charge in [-0.3, -0.25) is 4.79 Å². The lowest BCUT2D eigenvalue weighted by Crippen LogP contribution is -3.19. The number of nitrogens with one attached hydrogen (secondary N) is 1. The van der Waals surface area contributed by atoms with E-state index < -0.39 is 0 Å². The predicted octanol–water partition coefficient (Wildman–Crippen LogP) is -0.426. The molecule has 4 nitrogen and oxygen atoms in total. The Morgan fingerprint density at radius 3 is 2.50 bits per heavy atom. The monoisotopic (exact) mass is 248 g/mol. The lowest BCUT2D eigenvalue weighted by molar-refractivity contribution is -0.914. The van der Waals surface area contributed by atoms with Crippen LogP contribution in [0.5, 0.6) is 0 Å². The van der Waals surface area contributed by atoms with Crippen molar-refractivity contribution >= 4 is 11.6 Å². The average molecular weight is 248 g/mol. The number of benzene rings is 1. The van der Waals surface area contributed by atoms with E-state index in [2.05, 4.69) is 36.1 Å². The normalized spacial score (nSPS) is 18.7. The summed E-state index contributed by atoms with van der Waals surface area (Å²) in [5, 5.41) is 0. The Kier molecular flexibility index (Phi) is 3.87. The van der Waals surface area contributed by atoms with Gasteiger partial charge in [0.05, 0.1) is 26.2 Å². The molecule has 1 heterocycles. The fourth-order valence-electron chi connectivity index (χ4n) is 2.59. The molecule has 1 aromatic rings. The van der Waals surface area contributed by atoms with Crippen LogP contribution in [0.2, 0.25) is 0 Å². The number of hydrogen-bond acceptors (Lipinski definition) is 2. The van der Waals surface area contributed by atoms with Gasteiger partial charge in [-0.1, -0.05) is 18.2 Å². The summed E-state index contributed by atoms with van der Waals surface area (Å²) in [7, 11) is 0. The first-order valence-corrected chi connectivity index (χ1v) is 6.54. The minimum atomic E-state index is -0.200. The summed E-state index contributed by atoms with van der Waals surface area (Å²) in [5.41, 5.74) is 7.98. The summed E-state index contributed by atoms with van der Waals surface area (Å²) in [5.74, 6) is -0.200. The van der Waals surface area contributed by atoms with Gasteiger partial charge in [0.2, 0.25) is 0 Å². The highest BCUT2D eigenvalue weighted by atomic mass is 16.1. The van der Waals surface area contributed by atoms with E-state index in [1.807, 2.05) is 6.92 Å². The third-order valence-electron chi connectivity index (χ3n) is 3.90. The highest BCUT2D eigenvalue weighted by Crippen LogP contribution is 2.18. The minimum Gasteiger partial charge on any atom is -0.365 e. The second kappa shape index (κ2) is 5.40. The van der Waals surface area contributed by atoms with E-state index in [1.54, 1.807) is 0 Å². The van der Waals surface area contributed by atoms with Gasteiger partial charge in [-0.05, 0) is 25.5 Å². The third-order valence-corrected chi connectivity index (χ3v) is 3.90. The molecule has 1 atom stereocenters. The van der Waals surface area contributed by atoms with Crippen LogP contribution in [0.4, 0.5) is 5.69 Å². The molecule has 1 saturated heterocycles. The molecule has 1 amide bonds. The molecule has 3 N–H and O–H groups in total. The smallest absolute Gasteiger partial charge is 0.275 e. The van der Waals surface area contributed by atoms with Crippen LogP contribution in [0.15, 0.2) is 24.3 Å². The quantitative estimate of drug-likeness (QED) is 0.763. The van der Waals surface area contributed by atoms with Crippen LogP contribution in [0.25, 0.3) is 0 Å². The highest BCUT2D eigenvalue weighted by Gasteiger charge is 2.27. The maximum Gasteiger partial charge on any atom is 0.275 e. The molecular formula is C14H22N3O+. The molecule has 0 aliphatic carbocycles. The number of para-hydroxylation sites is 1. The molecule has 1 aliphatic rings. The van der Waals surface area contributed by atoms with Crippen LogP contribution in [-0.4, -0.2) is 38.1 Å². The van der Waals surface area contributed by atoms with Crippen LogP contribution in [0.1, 0.15) is 12.5 Å². The molecule has 0 saturated carbocycles. The molecule has 18 heavy (non-hydrogen) atoms. The van der Waals surface area contributed by atoms with Gasteiger partial charge in [-0.15, -0.1) is 0 Å². The van der Waals surface area contributed by atoms with E-state index in [4.69, 9.17) is 5.73 Å². The van der Waals surface area contributed by atoms with Crippen LogP contribution >= 0.6 is 0 Å². The van der Waals surface area contributed by atoms with Crippen molar-refractivity contribution in [1.82, 2.24) is 0 Å². The van der Waals surface area contributed by atoms with E-state index in [1.165, 1.54) is 16.2 Å². The van der Waals surface area contributed by atoms with Crippen molar-refractivity contribution in [1.29, 1.82) is 0 Å². The van der Waals surface area contributed by atoms with Gasteiger partial charge in [0.25, 0.3) is 5.91 Å². The van der Waals surface area contributed by atoms with Gasteiger partial charge in [0.1, 0.15) is 0 Å². The lowest BCUT2D eigenvalue weighted by Gasteiger charge is -2.36. The largest absolute Gasteiger partial charge is 0.365 e. The van der Waals surface area contributed by atoms with Crippen molar-refractivity contribution in [2.45, 2.75) is 19.9 Å². The average Bonchev–Trinajstić information content (AvgIpc) is 2.38. The molecular weight excluding hydrogens is 226 g/mol. The SMILES string of the molecule is Cc1ccccc1N1CC[NH+]([C@H](C)C(N)=O)CC1. The first kappa shape index (κ1) is 12.9. The number of primary amides is 1. The van der Waals surface area contributed by atoms with Crippen LogP contribution in [-0.2, 0) is 4.79 Å². The molecule has 1 aliphatic heterocycles. The Hall–Kier alpha value is -1.55. The molecule has 0 bridgehead atoms. The standard InChI is InChI=1S/C14H21N3O/c1-11-5-3-4-6-13(11)17-9-7-16(8-10-17)12(2)14(15)18/h3-6,12H,7-10H2,1-2H3,(H2,15,18)/p+1/t12-/m1/s1. The molecule has 1 aromatic carbocycles. The number of amides is 1. The fourth-order valence-corrected chi connectivity index (χ4v) is 2.59. The summed E-state index contributed by atoms with van der Waals surface area (Å²) in [6.07, 6.45) is 0. The molecule has 0 unspecified atom stereocenters. The van der Waals surface area contributed by atoms with Gasteiger partial charge in [0, 0.05) is 5.69 Å². The Balaban J connectivity index is 1.99. The van der Waals surface area contributed by atoms with E-state index in [-0.39, 0.29) is 11.9 Å². The van der Waals surface area contributed by atoms with Crippen molar-refractivity contribution in [3.63, 3.8) is 0 Å². The number of rotatable bonds is 3. The topological polar surface area (TPSA) is 50.8 Å². The number of nitrogens with two attached hydrogens (primary N) is 1. The van der Waals surface area contributed by atoms with Gasteiger partial charge >= 0.3 is 0 Å². The molecule has 4 heteroatoms. The number of hydrogen-bond donors (Lipinski definition) is 2. The Morgan fingerprint density at radius 2 is 1.94 bits per heavy atom. The molecule has 2 rings (SSSR count). The van der Waals surface area contributed by atoms with Crippen molar-refractivity contribution in [3.8, 4) is 0 Å². The Morgan fingerprint density at radius 1 is 1.33 bits per heavy atom. The van der Waals surface area contributed by atoms with Crippen molar-refractivity contribution in [2.24, 2.45) is 5.73 Å². The highest BCUT2D eigenvalue weighted by molar-refractivity contribution is 5.77. The molecule has 98 valence electrons. The Bertz CT molecular complexity index is 425. The number of nitrogens with zero attached hydrogens (tertiary/aromatic N) is 1. The summed E-state index contributed by atoms with van der Waals surface area (Å²) in [6, 6.07) is 8.37. The van der Waals surface area contributed by atoms with Gasteiger partial charge in [0.15, 0.2) is 6.04 Å². The van der Waals surface area contributed by atoms with E-state index in [0.717, 1.165) is 26.2 Å². The first-order valence-electron chi connectivity index (χ1n) is 6.54. The third kappa shape index (κ3) is 2.64. The first-order chi connectivity index (χ1) is 8.59. The van der Waals surface area contributed by atoms with E-state index in [0.29, 0.717) is 0 Å². The number of carbonyl (C=O) groups is 1. The van der Waals surface area contributed by atoms with Crippen LogP contribution in [0, 0.1) is 6.92 Å². The zero-order valence-electron chi connectivity index (χ0n) is 11.1. The van der Waals surface area contributed by atoms with Crippen LogP contribution in [0.3, 0.4) is 0 Å². The maximum atomic E-state index is 11.2. The summed E-state index contributed by atoms with van der Waals surface area (Å²) in [4.78, 5) is 14.9. The second-order valence-corrected chi connectivity index (χ2v) is 5.06. The fraction of sp³-hybridized carbons (Fsp3) is 0.500. The van der Waals surface area contributed by atoms with E-state index >= 15 is 0 Å². The predicted molar refractivity (Wildman–Crippen MR) is 72.7 cm³/mol. The van der Waals surface area contributed by atoms with Gasteiger partial charge in [-0.2, -0.15) is 0 Å². The van der Waals surface area contributed by atoms with E-state index in [9.17, 15) is 4.79 Å². The number of quaternary nitrogens is 1. The molecule has 0 radical (unpaired) electrons. The summed E-state index contributed by atoms with van der Waals surface area (Å²) in [6.45, 7) is 7.97. The van der Waals surface area contributed by atoms with Gasteiger partial charge < -0.3 is 15.5 Å². The zero-order valence-corrected chi connectivity index (χ0v) is 11.1. The van der Waals surface area contributed by atoms with Crippen molar-refractivity contribution in [3.05, 3.63) is 29.8 Å². The number of piperazine rings is 1. The number of anilines is 1. The molecule has 0 spiro atoms. The summed E-state index contributed by atoms with van der Waals surface area (Å²) < 4.78 is 0. The lowest BCUT2D eigenvalue weighted by atomic mass is 10.1. The van der Waals surface area contributed by atoms with Crippen molar-refractivity contribution in [2.75, 3.05) is 31.1 Å². The zero-order chi connectivity index (χ0) is 13.1. The van der Waals surface area contributed by atoms with Crippen molar-refractivity contribution < 1.29 is 9.69 Å². The number of aryl methyl sites for hydroxylation is 1. The molecule has 1 fully saturated rings. The Labute approximate surface area is 108 Å². The second-order valence-electron chi connectivity index (χ2n) is 5.06. The maximum absolute atomic E-state index is 11.2. The summed E-state index contributed by atoms with van der Waals surface area (Å²) >= 11 is 0. The minimum absolute atomic E-state index is 0.0796.